The molecule has 0 saturated carbocycles. The van der Waals surface area contributed by atoms with Gasteiger partial charge in [0.15, 0.2) is 0 Å². The van der Waals surface area contributed by atoms with Crippen molar-refractivity contribution in [1.82, 2.24) is 9.55 Å². The number of rotatable bonds is 0. The SMILES string of the molecule is Cn1ccc2nc[c]cc21. The third kappa shape index (κ3) is 0.620. The van der Waals surface area contributed by atoms with Crippen LogP contribution in [-0.2, 0) is 7.05 Å². The Morgan fingerprint density at radius 1 is 1.60 bits per heavy atom. The van der Waals surface area contributed by atoms with Gasteiger partial charge in [0.2, 0.25) is 0 Å². The first-order valence-corrected chi connectivity index (χ1v) is 3.15. The second-order valence-corrected chi connectivity index (χ2v) is 2.27. The zero-order valence-corrected chi connectivity index (χ0v) is 5.70. The van der Waals surface area contributed by atoms with E-state index < -0.39 is 0 Å². The maximum absolute atomic E-state index is 4.13. The lowest BCUT2D eigenvalue weighted by molar-refractivity contribution is 0.968. The van der Waals surface area contributed by atoms with E-state index in [1.165, 1.54) is 0 Å². The van der Waals surface area contributed by atoms with Crippen LogP contribution in [0.25, 0.3) is 11.0 Å². The van der Waals surface area contributed by atoms with Crippen LogP contribution in [0.5, 0.6) is 0 Å². The summed E-state index contributed by atoms with van der Waals surface area (Å²) in [5, 5.41) is 0. The van der Waals surface area contributed by atoms with Crippen LogP contribution in [0.2, 0.25) is 0 Å². The fraction of sp³-hybridized carbons (Fsp3) is 0.125. The molecular weight excluding hydrogens is 124 g/mol. The summed E-state index contributed by atoms with van der Waals surface area (Å²) >= 11 is 0. The van der Waals surface area contributed by atoms with Gasteiger partial charge in [-0.2, -0.15) is 0 Å². The van der Waals surface area contributed by atoms with Gasteiger partial charge in [0, 0.05) is 25.5 Å². The number of hydrogen-bond donors (Lipinski definition) is 0. The third-order valence-corrected chi connectivity index (χ3v) is 1.60. The fourth-order valence-corrected chi connectivity index (χ4v) is 1.04. The molecule has 2 rings (SSSR count). The Hall–Kier alpha value is -1.31. The van der Waals surface area contributed by atoms with Gasteiger partial charge < -0.3 is 4.57 Å². The Balaban J connectivity index is 2.93. The normalized spacial score (nSPS) is 10.5. The zero-order valence-electron chi connectivity index (χ0n) is 5.70. The van der Waals surface area contributed by atoms with Crippen LogP contribution < -0.4 is 0 Å². The van der Waals surface area contributed by atoms with E-state index in [0.717, 1.165) is 11.0 Å². The molecule has 0 saturated heterocycles. The van der Waals surface area contributed by atoms with E-state index >= 15 is 0 Å². The highest BCUT2D eigenvalue weighted by molar-refractivity contribution is 5.74. The van der Waals surface area contributed by atoms with Gasteiger partial charge in [-0.05, 0) is 12.1 Å². The summed E-state index contributed by atoms with van der Waals surface area (Å²) in [6.07, 6.45) is 3.67. The molecule has 0 aliphatic rings. The molecule has 2 heteroatoms. The van der Waals surface area contributed by atoms with Crippen molar-refractivity contribution in [3.8, 4) is 0 Å². The number of pyridine rings is 1. The lowest BCUT2D eigenvalue weighted by Gasteiger charge is -1.91. The molecular formula is C8H7N2. The van der Waals surface area contributed by atoms with Gasteiger partial charge in [0.25, 0.3) is 0 Å². The maximum atomic E-state index is 4.13. The summed E-state index contributed by atoms with van der Waals surface area (Å²) in [6, 6.07) is 6.85. The summed E-state index contributed by atoms with van der Waals surface area (Å²) in [4.78, 5) is 4.13. The zero-order chi connectivity index (χ0) is 6.97. The van der Waals surface area contributed by atoms with E-state index in [4.69, 9.17) is 0 Å². The van der Waals surface area contributed by atoms with Gasteiger partial charge in [-0.3, -0.25) is 4.98 Å². The maximum Gasteiger partial charge on any atom is 0.0881 e. The molecule has 0 aliphatic carbocycles. The van der Waals surface area contributed by atoms with Crippen molar-refractivity contribution < 1.29 is 0 Å². The summed E-state index contributed by atoms with van der Waals surface area (Å²) in [5.41, 5.74) is 2.16. The molecule has 0 aromatic carbocycles. The molecule has 49 valence electrons. The summed E-state index contributed by atoms with van der Waals surface area (Å²) in [6.45, 7) is 0. The molecule has 0 fully saturated rings. The molecule has 2 aromatic rings. The van der Waals surface area contributed by atoms with Gasteiger partial charge in [-0.1, -0.05) is 0 Å². The Kier molecular flexibility index (Phi) is 1.01. The lowest BCUT2D eigenvalue weighted by Crippen LogP contribution is -1.83. The average Bonchev–Trinajstić information content (AvgIpc) is 2.34. The molecule has 0 N–H and O–H groups in total. The monoisotopic (exact) mass is 131 g/mol. The predicted molar refractivity (Wildman–Crippen MR) is 39.6 cm³/mol. The van der Waals surface area contributed by atoms with Crippen molar-refractivity contribution in [2.45, 2.75) is 0 Å². The van der Waals surface area contributed by atoms with Crippen molar-refractivity contribution in [2.75, 3.05) is 0 Å². The van der Waals surface area contributed by atoms with Crippen molar-refractivity contribution in [3.63, 3.8) is 0 Å². The van der Waals surface area contributed by atoms with E-state index in [1.807, 2.05) is 29.9 Å². The number of nitrogens with zero attached hydrogens (tertiary/aromatic N) is 2. The van der Waals surface area contributed by atoms with Crippen LogP contribution in [0.1, 0.15) is 0 Å². The first kappa shape index (κ1) is 5.47. The Morgan fingerprint density at radius 2 is 2.50 bits per heavy atom. The molecule has 10 heavy (non-hydrogen) atoms. The molecule has 0 amide bonds. The highest BCUT2D eigenvalue weighted by Gasteiger charge is 1.94. The van der Waals surface area contributed by atoms with Crippen LogP contribution in [0.15, 0.2) is 24.5 Å². The van der Waals surface area contributed by atoms with Gasteiger partial charge in [-0.15, -0.1) is 0 Å². The predicted octanol–water partition coefficient (Wildman–Crippen LogP) is 1.37. The van der Waals surface area contributed by atoms with Crippen LogP contribution in [0.4, 0.5) is 0 Å². The molecule has 0 unspecified atom stereocenters. The first-order valence-electron chi connectivity index (χ1n) is 3.15. The summed E-state index contributed by atoms with van der Waals surface area (Å²) < 4.78 is 2.03. The van der Waals surface area contributed by atoms with Crippen molar-refractivity contribution >= 4 is 11.0 Å². The summed E-state index contributed by atoms with van der Waals surface area (Å²) in [5.74, 6) is 0. The molecule has 0 atom stereocenters. The van der Waals surface area contributed by atoms with Gasteiger partial charge >= 0.3 is 0 Å². The smallest absolute Gasteiger partial charge is 0.0881 e. The highest BCUT2D eigenvalue weighted by atomic mass is 14.9. The largest absolute Gasteiger partial charge is 0.349 e. The number of aryl methyl sites for hydroxylation is 1. The minimum Gasteiger partial charge on any atom is -0.349 e. The second kappa shape index (κ2) is 1.84. The van der Waals surface area contributed by atoms with E-state index in [2.05, 4.69) is 11.1 Å². The fourth-order valence-electron chi connectivity index (χ4n) is 1.04. The topological polar surface area (TPSA) is 17.8 Å². The third-order valence-electron chi connectivity index (χ3n) is 1.60. The van der Waals surface area contributed by atoms with E-state index in [9.17, 15) is 0 Å². The minimum absolute atomic E-state index is 1.03. The molecule has 2 nitrogen and oxygen atoms in total. The van der Waals surface area contributed by atoms with Gasteiger partial charge in [0.05, 0.1) is 11.0 Å². The number of hydrogen-bond acceptors (Lipinski definition) is 1. The second-order valence-electron chi connectivity index (χ2n) is 2.27. The van der Waals surface area contributed by atoms with Crippen LogP contribution in [0.3, 0.4) is 0 Å². The molecule has 0 spiro atoms. The molecule has 2 aromatic heterocycles. The number of aromatic nitrogens is 2. The Morgan fingerprint density at radius 3 is 3.30 bits per heavy atom. The summed E-state index contributed by atoms with van der Waals surface area (Å²) in [7, 11) is 2.00. The minimum atomic E-state index is 1.03. The van der Waals surface area contributed by atoms with E-state index in [0.29, 0.717) is 0 Å². The standard InChI is InChI=1S/C8H7N2/c1-10-6-4-7-8(10)3-2-5-9-7/h3-6H,1H3. The van der Waals surface area contributed by atoms with Crippen LogP contribution >= 0.6 is 0 Å². The molecule has 0 aliphatic heterocycles. The first-order chi connectivity index (χ1) is 4.88. The Bertz CT molecular complexity index is 349. The molecule has 0 bridgehead atoms. The quantitative estimate of drug-likeness (QED) is 0.528. The number of fused-ring (bicyclic) bond motifs is 1. The van der Waals surface area contributed by atoms with Crippen molar-refractivity contribution in [1.29, 1.82) is 0 Å². The van der Waals surface area contributed by atoms with E-state index in [-0.39, 0.29) is 0 Å². The highest BCUT2D eigenvalue weighted by Crippen LogP contribution is 2.08. The molecule has 1 radical (unpaired) electrons. The van der Waals surface area contributed by atoms with E-state index in [1.54, 1.807) is 6.20 Å². The van der Waals surface area contributed by atoms with Gasteiger partial charge in [-0.25, -0.2) is 0 Å². The van der Waals surface area contributed by atoms with Crippen molar-refractivity contribution in [2.24, 2.45) is 7.05 Å². The van der Waals surface area contributed by atoms with Gasteiger partial charge in [0.1, 0.15) is 0 Å². The van der Waals surface area contributed by atoms with Crippen LogP contribution in [-0.4, -0.2) is 9.55 Å². The van der Waals surface area contributed by atoms with Crippen molar-refractivity contribution in [3.05, 3.63) is 30.6 Å². The lowest BCUT2D eigenvalue weighted by atomic mass is 10.4. The molecule has 2 heterocycles. The average molecular weight is 131 g/mol. The Labute approximate surface area is 59.1 Å². The van der Waals surface area contributed by atoms with Crippen LogP contribution in [0, 0.1) is 6.07 Å².